The fraction of sp³-hybridized carbons (Fsp3) is 0.538. The SMILES string of the molecule is CCCCCC/C=C/COC(=O)c1cccc(S(=O)(=O)[O-])c1C(=O)OC/C=C/CCCCCC.[K+]. The molecule has 0 heterocycles. The van der Waals surface area contributed by atoms with Crippen molar-refractivity contribution in [1.82, 2.24) is 0 Å². The van der Waals surface area contributed by atoms with Gasteiger partial charge in [0.25, 0.3) is 0 Å². The van der Waals surface area contributed by atoms with E-state index in [1.165, 1.54) is 18.6 Å². The van der Waals surface area contributed by atoms with E-state index in [1.54, 1.807) is 12.2 Å². The Hall–Kier alpha value is -0.814. The summed E-state index contributed by atoms with van der Waals surface area (Å²) in [5.74, 6) is -1.97. The second-order valence-corrected chi connectivity index (χ2v) is 9.32. The van der Waals surface area contributed by atoms with Crippen LogP contribution in [0.3, 0.4) is 0 Å². The van der Waals surface area contributed by atoms with Crippen LogP contribution in [0.4, 0.5) is 0 Å². The van der Waals surface area contributed by atoms with Crippen molar-refractivity contribution in [2.45, 2.75) is 83.0 Å². The first-order chi connectivity index (χ1) is 16.3. The summed E-state index contributed by atoms with van der Waals surface area (Å²) < 4.78 is 45.4. The van der Waals surface area contributed by atoms with Gasteiger partial charge in [-0.2, -0.15) is 0 Å². The zero-order valence-corrected chi connectivity index (χ0v) is 25.2. The Balaban J connectivity index is 0.0000116. The van der Waals surface area contributed by atoms with Crippen LogP contribution >= 0.6 is 0 Å². The molecule has 0 radical (unpaired) electrons. The van der Waals surface area contributed by atoms with Gasteiger partial charge >= 0.3 is 63.3 Å². The van der Waals surface area contributed by atoms with Crippen molar-refractivity contribution in [3.63, 3.8) is 0 Å². The summed E-state index contributed by atoms with van der Waals surface area (Å²) >= 11 is 0. The van der Waals surface area contributed by atoms with Crippen molar-refractivity contribution >= 4 is 22.1 Å². The van der Waals surface area contributed by atoms with Crippen molar-refractivity contribution in [3.8, 4) is 0 Å². The van der Waals surface area contributed by atoms with Crippen molar-refractivity contribution in [1.29, 1.82) is 0 Å². The maximum atomic E-state index is 12.6. The van der Waals surface area contributed by atoms with E-state index < -0.39 is 32.5 Å². The number of hydrogen-bond donors (Lipinski definition) is 0. The largest absolute Gasteiger partial charge is 1.00 e. The molecular formula is C26H37KO7S. The van der Waals surface area contributed by atoms with Crippen LogP contribution in [0.15, 0.2) is 47.4 Å². The molecule has 0 amide bonds. The maximum absolute atomic E-state index is 12.6. The van der Waals surface area contributed by atoms with Gasteiger partial charge in [0.05, 0.1) is 16.0 Å². The molecule has 0 saturated heterocycles. The number of carbonyl (C=O) groups is 2. The maximum Gasteiger partial charge on any atom is 1.00 e. The van der Waals surface area contributed by atoms with Gasteiger partial charge in [0, 0.05) is 0 Å². The predicted octanol–water partition coefficient (Wildman–Crippen LogP) is 2.96. The van der Waals surface area contributed by atoms with Crippen LogP contribution < -0.4 is 51.4 Å². The van der Waals surface area contributed by atoms with Crippen LogP contribution in [-0.2, 0) is 19.6 Å². The molecule has 0 aliphatic heterocycles. The number of benzene rings is 1. The summed E-state index contributed by atoms with van der Waals surface area (Å²) in [4.78, 5) is 24.4. The van der Waals surface area contributed by atoms with Crippen LogP contribution in [0.2, 0.25) is 0 Å². The van der Waals surface area contributed by atoms with E-state index in [2.05, 4.69) is 13.8 Å². The minimum Gasteiger partial charge on any atom is -0.744 e. The Morgan fingerprint density at radius 3 is 1.80 bits per heavy atom. The average molecular weight is 533 g/mol. The molecule has 35 heavy (non-hydrogen) atoms. The second kappa shape index (κ2) is 20.3. The molecule has 0 bridgehead atoms. The monoisotopic (exact) mass is 532 g/mol. The Labute approximate surface area is 252 Å². The molecule has 0 aliphatic rings. The number of esters is 2. The summed E-state index contributed by atoms with van der Waals surface area (Å²) in [5, 5.41) is 0. The van der Waals surface area contributed by atoms with Gasteiger partial charge in [-0.1, -0.05) is 82.7 Å². The summed E-state index contributed by atoms with van der Waals surface area (Å²) in [6, 6.07) is 3.44. The number of carbonyl (C=O) groups excluding carboxylic acids is 2. The normalized spacial score (nSPS) is 11.5. The number of unbranched alkanes of at least 4 members (excludes halogenated alkanes) is 8. The van der Waals surface area contributed by atoms with E-state index >= 15 is 0 Å². The van der Waals surface area contributed by atoms with Gasteiger partial charge in [-0.3, -0.25) is 0 Å². The Bertz CT molecular complexity index is 924. The van der Waals surface area contributed by atoms with Gasteiger partial charge < -0.3 is 14.0 Å². The molecule has 190 valence electrons. The number of hydrogen-bond acceptors (Lipinski definition) is 7. The molecule has 0 atom stereocenters. The average Bonchev–Trinajstić information content (AvgIpc) is 2.81. The molecule has 0 spiro atoms. The van der Waals surface area contributed by atoms with E-state index in [-0.39, 0.29) is 70.2 Å². The minimum atomic E-state index is -5.01. The van der Waals surface area contributed by atoms with Crippen LogP contribution in [0, 0.1) is 0 Å². The standard InChI is InChI=1S/C26H38O7S.K/c1-3-5-7-9-11-13-15-20-32-25(27)22-18-17-19-23(34(29,30)31)24(22)26(28)33-21-16-14-12-10-8-6-4-2;/h13-19H,3-12,20-21H2,1-2H3,(H,29,30,31);/q;+1/p-1/b15-13+,16-14+;. The fourth-order valence-corrected chi connectivity index (χ4v) is 3.96. The quantitative estimate of drug-likeness (QED) is 0.0997. The molecule has 7 nitrogen and oxygen atoms in total. The third-order valence-electron chi connectivity index (χ3n) is 5.12. The molecule has 0 aromatic heterocycles. The van der Waals surface area contributed by atoms with Crippen LogP contribution in [0.5, 0.6) is 0 Å². The molecular weight excluding hydrogens is 495 g/mol. The van der Waals surface area contributed by atoms with Gasteiger partial charge in [0.15, 0.2) is 0 Å². The zero-order chi connectivity index (χ0) is 25.2. The van der Waals surface area contributed by atoms with Crippen molar-refractivity contribution in [2.24, 2.45) is 0 Å². The topological polar surface area (TPSA) is 110 Å². The second-order valence-electron chi connectivity index (χ2n) is 7.97. The van der Waals surface area contributed by atoms with Gasteiger partial charge in [-0.15, -0.1) is 0 Å². The molecule has 1 rings (SSSR count). The molecule has 1 aromatic carbocycles. The minimum absolute atomic E-state index is 0. The third kappa shape index (κ3) is 14.5. The summed E-state index contributed by atoms with van der Waals surface area (Å²) in [7, 11) is -5.01. The first-order valence-electron chi connectivity index (χ1n) is 12.1. The fourth-order valence-electron chi connectivity index (χ4n) is 3.27. The summed E-state index contributed by atoms with van der Waals surface area (Å²) in [6.45, 7) is 4.13. The smallest absolute Gasteiger partial charge is 0.744 e. The summed E-state index contributed by atoms with van der Waals surface area (Å²) in [5.41, 5.74) is -0.913. The van der Waals surface area contributed by atoms with Crippen molar-refractivity contribution in [2.75, 3.05) is 13.2 Å². The van der Waals surface area contributed by atoms with E-state index in [4.69, 9.17) is 9.47 Å². The van der Waals surface area contributed by atoms with Crippen LogP contribution in [0.1, 0.15) is 98.8 Å². The van der Waals surface area contributed by atoms with E-state index in [9.17, 15) is 22.6 Å². The number of ether oxygens (including phenoxy) is 2. The Morgan fingerprint density at radius 1 is 0.800 bits per heavy atom. The first kappa shape index (κ1) is 34.2. The molecule has 1 aromatic rings. The molecule has 0 aliphatic carbocycles. The van der Waals surface area contributed by atoms with Crippen LogP contribution in [-0.4, -0.2) is 38.1 Å². The van der Waals surface area contributed by atoms with Crippen molar-refractivity contribution < 1.29 is 83.4 Å². The summed E-state index contributed by atoms with van der Waals surface area (Å²) in [6.07, 6.45) is 17.8. The van der Waals surface area contributed by atoms with Crippen molar-refractivity contribution in [3.05, 3.63) is 53.6 Å². The van der Waals surface area contributed by atoms with E-state index in [1.807, 2.05) is 12.2 Å². The molecule has 0 unspecified atom stereocenters. The van der Waals surface area contributed by atoms with E-state index in [0.717, 1.165) is 63.9 Å². The number of allylic oxidation sites excluding steroid dienone is 2. The van der Waals surface area contributed by atoms with Gasteiger partial charge in [0.2, 0.25) is 0 Å². The molecule has 0 N–H and O–H groups in total. The Kier molecular flexibility index (Phi) is 19.8. The Morgan fingerprint density at radius 2 is 1.31 bits per heavy atom. The van der Waals surface area contributed by atoms with Crippen LogP contribution in [0.25, 0.3) is 0 Å². The molecule has 9 heteroatoms. The predicted molar refractivity (Wildman–Crippen MR) is 131 cm³/mol. The molecule has 0 saturated carbocycles. The van der Waals surface area contributed by atoms with Gasteiger partial charge in [-0.05, 0) is 37.8 Å². The van der Waals surface area contributed by atoms with E-state index in [0.29, 0.717) is 0 Å². The third-order valence-corrected chi connectivity index (χ3v) is 6.00. The van der Waals surface area contributed by atoms with Gasteiger partial charge in [-0.25, -0.2) is 18.0 Å². The molecule has 0 fully saturated rings. The first-order valence-corrected chi connectivity index (χ1v) is 13.5. The zero-order valence-electron chi connectivity index (χ0n) is 21.3. The number of rotatable bonds is 17. The van der Waals surface area contributed by atoms with Gasteiger partial charge in [0.1, 0.15) is 23.3 Å².